The molecule has 23 N–H and O–H groups in total. The topological polar surface area (TPSA) is 497 Å². The van der Waals surface area contributed by atoms with Crippen molar-refractivity contribution in [3.8, 4) is 5.75 Å². The van der Waals surface area contributed by atoms with Gasteiger partial charge < -0.3 is 86.7 Å². The first-order chi connectivity index (χ1) is 34.5. The molecule has 28 nitrogen and oxygen atoms in total. The summed E-state index contributed by atoms with van der Waals surface area (Å²) >= 11 is 0. The molecule has 0 fully saturated rings. The van der Waals surface area contributed by atoms with Crippen molar-refractivity contribution in [1.82, 2.24) is 47.9 Å². The molecule has 0 saturated carbocycles. The van der Waals surface area contributed by atoms with Gasteiger partial charge in [-0.1, -0.05) is 46.8 Å². The quantitative estimate of drug-likeness (QED) is 0.0175. The molecule has 0 aliphatic heterocycles. The first kappa shape index (κ1) is 64.2. The molecule has 10 amide bonds. The second-order valence-electron chi connectivity index (χ2n) is 18.7. The maximum atomic E-state index is 14.2. The van der Waals surface area contributed by atoms with E-state index in [2.05, 4.69) is 47.9 Å². The number of aromatic hydroxyl groups is 1. The molecule has 74 heavy (non-hydrogen) atoms. The van der Waals surface area contributed by atoms with E-state index in [0.29, 0.717) is 5.56 Å². The summed E-state index contributed by atoms with van der Waals surface area (Å²) in [7, 11) is 0. The number of carbonyl (C=O) groups excluding carboxylic acids is 10. The van der Waals surface area contributed by atoms with Gasteiger partial charge in [-0.2, -0.15) is 0 Å². The normalized spacial score (nSPS) is 14.7. The van der Waals surface area contributed by atoms with Crippen molar-refractivity contribution in [2.45, 2.75) is 148 Å². The minimum Gasteiger partial charge on any atom is -0.508 e. The van der Waals surface area contributed by atoms with Crippen LogP contribution in [0.5, 0.6) is 5.75 Å². The standard InChI is InChI=1S/C46H78N16O12/c1-22(2)19-32(60-38(68)24(5)20-34(48)66)42(72)61-35(23(3)4)43(73)62-36(25(6)63)44(74)58-29(10-8-18-55-46(52)53)39(69)57-30(15-16-33(47)65)41(71)56-28(9-7-17-54-45(50)51)40(70)59-31(37(49)67)21-26-11-13-27(64)14-12-26/h11-14,22-25,28-32,35-36,63-64H,7-10,15-21H2,1-6H3,(H2,47,65)(H2,48,66)(H2,49,67)(H,56,71)(H,57,69)(H,58,74)(H,59,70)(H,60,68)(H,61,72)(H,62,73)(H4,50,51,54)(H4,52,53,55)/t24-,25+,28-,29-,30-,31-,32-,35-,36-/m0/s1. The minimum atomic E-state index is -1.77. The lowest BCUT2D eigenvalue weighted by atomic mass is 9.98. The number of amides is 10. The van der Waals surface area contributed by atoms with Crippen molar-refractivity contribution in [3.05, 3.63) is 29.8 Å². The van der Waals surface area contributed by atoms with Gasteiger partial charge >= 0.3 is 0 Å². The molecular weight excluding hydrogens is 969 g/mol. The van der Waals surface area contributed by atoms with Crippen molar-refractivity contribution in [2.75, 3.05) is 13.1 Å². The summed E-state index contributed by atoms with van der Waals surface area (Å²) in [5.41, 5.74) is 27.6. The summed E-state index contributed by atoms with van der Waals surface area (Å²) in [6, 6.07) is -4.41. The van der Waals surface area contributed by atoms with Crippen molar-refractivity contribution in [1.29, 1.82) is 10.8 Å². The summed E-state index contributed by atoms with van der Waals surface area (Å²) in [6.45, 7) is 9.49. The second kappa shape index (κ2) is 32.3. The number of nitrogens with one attached hydrogen (secondary N) is 11. The number of aliphatic hydroxyl groups is 1. The molecule has 0 unspecified atom stereocenters. The van der Waals surface area contributed by atoms with Gasteiger partial charge in [-0.05, 0) is 75.0 Å². The fraction of sp³-hybridized carbons (Fsp3) is 0.609. The first-order valence-corrected chi connectivity index (χ1v) is 24.1. The van der Waals surface area contributed by atoms with Gasteiger partial charge in [0.05, 0.1) is 6.10 Å². The van der Waals surface area contributed by atoms with Gasteiger partial charge in [0.1, 0.15) is 48.0 Å². The molecular formula is C46H78N16O12. The predicted molar refractivity (Wildman–Crippen MR) is 270 cm³/mol. The maximum Gasteiger partial charge on any atom is 0.245 e. The zero-order valence-electron chi connectivity index (χ0n) is 42.8. The van der Waals surface area contributed by atoms with E-state index >= 15 is 0 Å². The fourth-order valence-corrected chi connectivity index (χ4v) is 7.17. The lowest BCUT2D eigenvalue weighted by molar-refractivity contribution is -0.138. The number of rotatable bonds is 34. The molecule has 0 radical (unpaired) electrons. The lowest BCUT2D eigenvalue weighted by Crippen LogP contribution is -2.62. The monoisotopic (exact) mass is 1050 g/mol. The number of aliphatic hydroxyl groups excluding tert-OH is 1. The SMILES string of the molecule is CC(C)C[C@H](NC(=O)[C@@H](C)CC(N)=O)C(=O)N[C@H](C(=O)N[C@H](C(=O)N[C@@H](CCCNC(=N)N)C(=O)N[C@@H](CCC(N)=O)C(=O)N[C@@H](CCCNC(=N)N)C(=O)N[C@@H](Cc1ccc(O)cc1)C(N)=O)[C@@H](C)O)C(C)C. The second-order valence-corrected chi connectivity index (χ2v) is 18.7. The van der Waals surface area contributed by atoms with E-state index < -0.39 is 138 Å². The molecule has 0 heterocycles. The summed E-state index contributed by atoms with van der Waals surface area (Å²) in [4.78, 5) is 132. The lowest BCUT2D eigenvalue weighted by Gasteiger charge is -2.30. The Kier molecular flexibility index (Phi) is 28.1. The van der Waals surface area contributed by atoms with E-state index in [0.717, 1.165) is 0 Å². The fourth-order valence-electron chi connectivity index (χ4n) is 7.17. The number of benzene rings is 1. The van der Waals surface area contributed by atoms with E-state index in [-0.39, 0.29) is 75.7 Å². The molecule has 0 spiro atoms. The molecule has 0 aromatic heterocycles. The molecule has 1 aromatic carbocycles. The van der Waals surface area contributed by atoms with E-state index in [1.807, 2.05) is 0 Å². The van der Waals surface area contributed by atoms with Crippen LogP contribution in [0.15, 0.2) is 24.3 Å². The van der Waals surface area contributed by atoms with Crippen LogP contribution < -0.4 is 76.5 Å². The van der Waals surface area contributed by atoms with Crippen molar-refractivity contribution in [2.24, 2.45) is 46.4 Å². The van der Waals surface area contributed by atoms with Gasteiger partial charge in [0.25, 0.3) is 0 Å². The average Bonchev–Trinajstić information content (AvgIpc) is 3.29. The van der Waals surface area contributed by atoms with Crippen molar-refractivity contribution >= 4 is 71.0 Å². The number of hydrogen-bond acceptors (Lipinski definition) is 14. The highest BCUT2D eigenvalue weighted by molar-refractivity contribution is 5.98. The Morgan fingerprint density at radius 2 is 0.946 bits per heavy atom. The zero-order chi connectivity index (χ0) is 56.4. The molecule has 0 bridgehead atoms. The molecule has 0 aliphatic carbocycles. The first-order valence-electron chi connectivity index (χ1n) is 24.1. The number of phenols is 1. The van der Waals surface area contributed by atoms with Crippen LogP contribution in [0.2, 0.25) is 0 Å². The Labute approximate surface area is 429 Å². The van der Waals surface area contributed by atoms with Gasteiger partial charge in [0, 0.05) is 38.3 Å². The van der Waals surface area contributed by atoms with E-state index in [4.69, 9.17) is 39.5 Å². The van der Waals surface area contributed by atoms with Crippen LogP contribution in [0.3, 0.4) is 0 Å². The third kappa shape index (κ3) is 25.1. The van der Waals surface area contributed by atoms with Crippen LogP contribution in [-0.2, 0) is 54.4 Å². The van der Waals surface area contributed by atoms with E-state index in [9.17, 15) is 58.2 Å². The van der Waals surface area contributed by atoms with Crippen LogP contribution in [0, 0.1) is 28.6 Å². The number of nitrogens with two attached hydrogens (primary N) is 5. The minimum absolute atomic E-state index is 0.0174. The molecule has 28 heteroatoms. The number of hydrogen-bond donors (Lipinski definition) is 18. The van der Waals surface area contributed by atoms with Crippen LogP contribution in [0.25, 0.3) is 0 Å². The van der Waals surface area contributed by atoms with Gasteiger partial charge in [0.2, 0.25) is 59.1 Å². The van der Waals surface area contributed by atoms with Gasteiger partial charge in [0.15, 0.2) is 11.9 Å². The predicted octanol–water partition coefficient (Wildman–Crippen LogP) is -4.80. The summed E-state index contributed by atoms with van der Waals surface area (Å²) in [6.07, 6.45) is -2.90. The van der Waals surface area contributed by atoms with E-state index in [1.54, 1.807) is 27.7 Å². The highest BCUT2D eigenvalue weighted by Crippen LogP contribution is 2.14. The van der Waals surface area contributed by atoms with Gasteiger partial charge in [-0.3, -0.25) is 58.8 Å². The van der Waals surface area contributed by atoms with Crippen LogP contribution in [0.4, 0.5) is 0 Å². The Bertz CT molecular complexity index is 2120. The zero-order valence-corrected chi connectivity index (χ0v) is 42.8. The summed E-state index contributed by atoms with van der Waals surface area (Å²) in [5, 5.41) is 58.2. The van der Waals surface area contributed by atoms with Crippen LogP contribution in [0.1, 0.15) is 98.5 Å². The Balaban J connectivity index is 3.52. The average molecular weight is 1050 g/mol. The highest BCUT2D eigenvalue weighted by atomic mass is 16.3. The van der Waals surface area contributed by atoms with E-state index in [1.165, 1.54) is 38.1 Å². The van der Waals surface area contributed by atoms with Gasteiger partial charge in [-0.15, -0.1) is 0 Å². The van der Waals surface area contributed by atoms with Crippen molar-refractivity contribution < 1.29 is 58.2 Å². The molecule has 0 saturated heterocycles. The number of carbonyl (C=O) groups is 10. The third-order valence-electron chi connectivity index (χ3n) is 11.2. The summed E-state index contributed by atoms with van der Waals surface area (Å²) in [5.74, 6) is -11.3. The molecule has 414 valence electrons. The third-order valence-corrected chi connectivity index (χ3v) is 11.2. The Morgan fingerprint density at radius 3 is 1.36 bits per heavy atom. The number of primary amides is 3. The smallest absolute Gasteiger partial charge is 0.245 e. The molecule has 1 aromatic rings. The largest absolute Gasteiger partial charge is 0.508 e. The number of phenolic OH excluding ortho intramolecular Hbond substituents is 1. The van der Waals surface area contributed by atoms with Crippen LogP contribution >= 0.6 is 0 Å². The Hall–Kier alpha value is -7.78. The van der Waals surface area contributed by atoms with Crippen LogP contribution in [-0.4, -0.2) is 143 Å². The molecule has 1 rings (SSSR count). The van der Waals surface area contributed by atoms with Crippen molar-refractivity contribution in [3.63, 3.8) is 0 Å². The van der Waals surface area contributed by atoms with Gasteiger partial charge in [-0.25, -0.2) is 0 Å². The maximum absolute atomic E-state index is 14.2. The summed E-state index contributed by atoms with van der Waals surface area (Å²) < 4.78 is 0. The molecule has 0 aliphatic rings. The molecule has 9 atom stereocenters. The highest BCUT2D eigenvalue weighted by Gasteiger charge is 2.36. The number of guanidine groups is 2. The Morgan fingerprint density at radius 1 is 0.527 bits per heavy atom.